The van der Waals surface area contributed by atoms with Crippen LogP contribution in [0, 0.1) is 0 Å². The summed E-state index contributed by atoms with van der Waals surface area (Å²) in [6.45, 7) is 0. The Morgan fingerprint density at radius 2 is 0.921 bits per heavy atom. The van der Waals surface area contributed by atoms with Crippen molar-refractivity contribution in [3.63, 3.8) is 0 Å². The van der Waals surface area contributed by atoms with Crippen LogP contribution in [0.15, 0.2) is 203 Å². The van der Waals surface area contributed by atoms with Crippen molar-refractivity contribution in [1.82, 2.24) is 19.5 Å². The fraction of sp³-hybridized carbons (Fsp3) is 0. The molecule has 0 amide bonds. The van der Waals surface area contributed by atoms with Crippen LogP contribution in [0.4, 0.5) is 0 Å². The van der Waals surface area contributed by atoms with Gasteiger partial charge in [0.1, 0.15) is 22.3 Å². The molecular weight excluding hydrogens is 773 g/mol. The molecule has 0 aliphatic rings. The van der Waals surface area contributed by atoms with Crippen LogP contribution in [0.25, 0.3) is 138 Å². The van der Waals surface area contributed by atoms with Gasteiger partial charge in [-0.05, 0) is 75.5 Å². The predicted molar refractivity (Wildman–Crippen MR) is 258 cm³/mol. The summed E-state index contributed by atoms with van der Waals surface area (Å²) in [6.07, 6.45) is 0. The molecule has 0 fully saturated rings. The molecule has 6 nitrogen and oxygen atoms in total. The molecule has 10 aromatic carbocycles. The lowest BCUT2D eigenvalue weighted by Gasteiger charge is -2.14. The van der Waals surface area contributed by atoms with E-state index in [9.17, 15) is 0 Å². The van der Waals surface area contributed by atoms with E-state index in [4.69, 9.17) is 23.8 Å². The van der Waals surface area contributed by atoms with E-state index in [1.165, 1.54) is 32.3 Å². The molecule has 0 bridgehead atoms. The van der Waals surface area contributed by atoms with Crippen LogP contribution >= 0.6 is 0 Å². The quantitative estimate of drug-likeness (QED) is 0.177. The van der Waals surface area contributed by atoms with Gasteiger partial charge < -0.3 is 13.4 Å². The van der Waals surface area contributed by atoms with Gasteiger partial charge in [-0.2, -0.15) is 0 Å². The van der Waals surface area contributed by atoms with Crippen LogP contribution in [0.5, 0.6) is 0 Å². The fourth-order valence-electron chi connectivity index (χ4n) is 9.90. The number of furan rings is 2. The Balaban J connectivity index is 1.11. The Hall–Kier alpha value is -8.61. The molecule has 0 radical (unpaired) electrons. The zero-order chi connectivity index (χ0) is 41.2. The highest BCUT2D eigenvalue weighted by molar-refractivity contribution is 6.22. The average molecular weight is 805 g/mol. The minimum atomic E-state index is 0.535. The molecule has 63 heavy (non-hydrogen) atoms. The molecule has 6 heteroatoms. The van der Waals surface area contributed by atoms with Gasteiger partial charge in [0.25, 0.3) is 0 Å². The highest BCUT2D eigenvalue weighted by Crippen LogP contribution is 2.44. The van der Waals surface area contributed by atoms with Crippen LogP contribution < -0.4 is 0 Å². The monoisotopic (exact) mass is 804 g/mol. The highest BCUT2D eigenvalue weighted by Gasteiger charge is 2.24. The molecule has 0 saturated carbocycles. The Kier molecular flexibility index (Phi) is 7.02. The van der Waals surface area contributed by atoms with Gasteiger partial charge >= 0.3 is 0 Å². The number of hydrogen-bond acceptors (Lipinski definition) is 5. The molecule has 0 atom stereocenters. The summed E-state index contributed by atoms with van der Waals surface area (Å²) in [7, 11) is 0. The summed E-state index contributed by atoms with van der Waals surface area (Å²) in [5.41, 5.74) is 8.95. The minimum Gasteiger partial charge on any atom is -0.456 e. The van der Waals surface area contributed by atoms with Gasteiger partial charge in [-0.3, -0.25) is 0 Å². The van der Waals surface area contributed by atoms with Gasteiger partial charge in [-0.1, -0.05) is 146 Å². The van der Waals surface area contributed by atoms with E-state index in [2.05, 4.69) is 156 Å². The van der Waals surface area contributed by atoms with Gasteiger partial charge in [-0.25, -0.2) is 15.0 Å². The number of rotatable bonds is 4. The number of aromatic nitrogens is 4. The molecule has 0 aliphatic heterocycles. The Morgan fingerprint density at radius 1 is 0.333 bits per heavy atom. The molecule has 0 spiro atoms. The van der Waals surface area contributed by atoms with E-state index in [1.54, 1.807) is 0 Å². The van der Waals surface area contributed by atoms with E-state index in [1.807, 2.05) is 42.5 Å². The maximum absolute atomic E-state index is 6.81. The van der Waals surface area contributed by atoms with E-state index < -0.39 is 0 Å². The molecule has 0 unspecified atom stereocenters. The summed E-state index contributed by atoms with van der Waals surface area (Å²) in [4.78, 5) is 16.0. The second-order valence-electron chi connectivity index (χ2n) is 16.3. The first-order valence-electron chi connectivity index (χ1n) is 21.2. The second kappa shape index (κ2) is 12.9. The topological polar surface area (TPSA) is 69.9 Å². The predicted octanol–water partition coefficient (Wildman–Crippen LogP) is 15.2. The lowest BCUT2D eigenvalue weighted by molar-refractivity contribution is 0.668. The SMILES string of the molecule is c1ccc2cc(-c3nc(-c4cc(-n5c6cc7ccccc7cc6c6ccc7ccccc7c65)c5c(c4)oc4ccccc45)nc(-c4cccc5oc6ccccc6c45)n3)ccc2c1. The maximum Gasteiger partial charge on any atom is 0.164 e. The third-order valence-electron chi connectivity index (χ3n) is 12.8. The van der Waals surface area contributed by atoms with Crippen molar-refractivity contribution in [3.8, 4) is 39.9 Å². The molecule has 0 saturated heterocycles. The number of benzene rings is 10. The Bertz CT molecular complexity index is 4230. The van der Waals surface area contributed by atoms with E-state index in [-0.39, 0.29) is 0 Å². The van der Waals surface area contributed by atoms with Crippen molar-refractivity contribution in [2.45, 2.75) is 0 Å². The molecule has 14 aromatic rings. The van der Waals surface area contributed by atoms with Crippen molar-refractivity contribution in [2.24, 2.45) is 0 Å². The number of fused-ring (bicyclic) bond motifs is 13. The van der Waals surface area contributed by atoms with Crippen molar-refractivity contribution < 1.29 is 8.83 Å². The maximum atomic E-state index is 6.81. The summed E-state index contributed by atoms with van der Waals surface area (Å²) >= 11 is 0. The standard InChI is InChI=1S/C57H32N4O2/c1-2-14-35-28-38(25-24-33(35)12-1)55-58-56(60-57(59-55)44-20-11-23-50-52(44)42-18-7-9-21-48(42)62-50)39-31-47(53-43-19-8-10-22-49(43)63-51(53)32-39)61-46-30-37-16-4-3-15-36(37)29-45(46)41-27-26-34-13-5-6-17-40(34)54(41)61/h1-32H. The molecule has 4 heterocycles. The first-order valence-corrected chi connectivity index (χ1v) is 21.2. The molecule has 292 valence electrons. The number of nitrogens with zero attached hydrogens (tertiary/aromatic N) is 4. The molecule has 14 rings (SSSR count). The van der Waals surface area contributed by atoms with Crippen LogP contribution in [0.2, 0.25) is 0 Å². The van der Waals surface area contributed by atoms with E-state index >= 15 is 0 Å². The van der Waals surface area contributed by atoms with Crippen LogP contribution in [-0.2, 0) is 0 Å². The van der Waals surface area contributed by atoms with Gasteiger partial charge in [0.15, 0.2) is 17.5 Å². The number of para-hydroxylation sites is 2. The Morgan fingerprint density at radius 3 is 1.71 bits per heavy atom. The molecule has 0 N–H and O–H groups in total. The normalized spacial score (nSPS) is 12.1. The largest absolute Gasteiger partial charge is 0.456 e. The zero-order valence-electron chi connectivity index (χ0n) is 33.6. The van der Waals surface area contributed by atoms with Crippen LogP contribution in [-0.4, -0.2) is 19.5 Å². The van der Waals surface area contributed by atoms with Gasteiger partial charge in [0, 0.05) is 49.0 Å². The highest BCUT2D eigenvalue weighted by atomic mass is 16.3. The van der Waals surface area contributed by atoms with Crippen molar-refractivity contribution in [2.75, 3.05) is 0 Å². The lowest BCUT2D eigenvalue weighted by Crippen LogP contribution is -2.02. The van der Waals surface area contributed by atoms with Crippen molar-refractivity contribution >= 4 is 98.0 Å². The van der Waals surface area contributed by atoms with Gasteiger partial charge in [0.05, 0.1) is 22.1 Å². The van der Waals surface area contributed by atoms with Crippen molar-refractivity contribution in [1.29, 1.82) is 0 Å². The first-order chi connectivity index (χ1) is 31.2. The minimum absolute atomic E-state index is 0.535. The third-order valence-corrected chi connectivity index (χ3v) is 12.8. The summed E-state index contributed by atoms with van der Waals surface area (Å²) < 4.78 is 15.6. The molecule has 0 aliphatic carbocycles. The average Bonchev–Trinajstić information content (AvgIpc) is 4.02. The summed E-state index contributed by atoms with van der Waals surface area (Å²) in [6, 6.07) is 68.1. The third kappa shape index (κ3) is 5.09. The van der Waals surface area contributed by atoms with Crippen LogP contribution in [0.3, 0.4) is 0 Å². The van der Waals surface area contributed by atoms with E-state index in [0.29, 0.717) is 17.5 Å². The Labute approximate surface area is 358 Å². The number of hydrogen-bond donors (Lipinski definition) is 0. The second-order valence-corrected chi connectivity index (χ2v) is 16.3. The summed E-state index contributed by atoms with van der Waals surface area (Å²) in [5, 5.41) is 13.4. The fourth-order valence-corrected chi connectivity index (χ4v) is 9.90. The van der Waals surface area contributed by atoms with Gasteiger partial charge in [-0.15, -0.1) is 0 Å². The van der Waals surface area contributed by atoms with E-state index in [0.717, 1.165) is 88.1 Å². The van der Waals surface area contributed by atoms with Crippen molar-refractivity contribution in [3.05, 3.63) is 194 Å². The summed E-state index contributed by atoms with van der Waals surface area (Å²) in [5.74, 6) is 1.67. The first kappa shape index (κ1) is 34.1. The zero-order valence-corrected chi connectivity index (χ0v) is 33.6. The van der Waals surface area contributed by atoms with Crippen LogP contribution in [0.1, 0.15) is 0 Å². The smallest absolute Gasteiger partial charge is 0.164 e. The van der Waals surface area contributed by atoms with Gasteiger partial charge in [0.2, 0.25) is 0 Å². The molecule has 4 aromatic heterocycles. The lowest BCUT2D eigenvalue weighted by atomic mass is 10.0. The molecular formula is C57H32N4O2.